The molecule has 0 heterocycles. The van der Waals surface area contributed by atoms with Crippen molar-refractivity contribution in [3.8, 4) is 5.75 Å². The smallest absolute Gasteiger partial charge is 0.228 e. The molecule has 1 aromatic rings. The average Bonchev–Trinajstić information content (AvgIpc) is 2.46. The summed E-state index contributed by atoms with van der Waals surface area (Å²) in [6, 6.07) is 5.13. The molecule has 0 saturated heterocycles. The first-order valence-corrected chi connectivity index (χ1v) is 6.87. The number of ether oxygens (including phenoxy) is 1. The van der Waals surface area contributed by atoms with Gasteiger partial charge >= 0.3 is 0 Å². The second kappa shape index (κ2) is 8.09. The molecular formula is C16H22N2O3. The molecule has 114 valence electrons. The molecule has 0 bridgehead atoms. The van der Waals surface area contributed by atoms with E-state index < -0.39 is 0 Å². The van der Waals surface area contributed by atoms with E-state index in [1.165, 1.54) is 0 Å². The van der Waals surface area contributed by atoms with E-state index in [1.807, 2.05) is 13.0 Å². The van der Waals surface area contributed by atoms with Crippen LogP contribution in [0.4, 0.5) is 11.4 Å². The van der Waals surface area contributed by atoms with Gasteiger partial charge in [-0.3, -0.25) is 9.59 Å². The van der Waals surface area contributed by atoms with Gasteiger partial charge in [-0.2, -0.15) is 0 Å². The molecule has 0 atom stereocenters. The summed E-state index contributed by atoms with van der Waals surface area (Å²) in [5.41, 5.74) is 1.08. The summed E-state index contributed by atoms with van der Waals surface area (Å²) in [4.78, 5) is 23.6. The first-order valence-electron chi connectivity index (χ1n) is 6.87. The number of methoxy groups -OCH3 is 1. The maximum atomic E-state index is 11.8. The normalized spacial score (nSPS) is 10.7. The van der Waals surface area contributed by atoms with Crippen molar-refractivity contribution in [3.05, 3.63) is 30.4 Å². The van der Waals surface area contributed by atoms with Gasteiger partial charge in [-0.15, -0.1) is 0 Å². The van der Waals surface area contributed by atoms with E-state index in [4.69, 9.17) is 4.74 Å². The van der Waals surface area contributed by atoms with Gasteiger partial charge in [-0.05, 0) is 19.1 Å². The minimum Gasteiger partial charge on any atom is -0.497 e. The summed E-state index contributed by atoms with van der Waals surface area (Å²) >= 11 is 0. The van der Waals surface area contributed by atoms with Crippen LogP contribution >= 0.6 is 0 Å². The summed E-state index contributed by atoms with van der Waals surface area (Å²) in [5.74, 6) is 0.203. The lowest BCUT2D eigenvalue weighted by Crippen LogP contribution is -2.20. The highest BCUT2D eigenvalue weighted by Gasteiger charge is 2.12. The van der Waals surface area contributed by atoms with E-state index in [9.17, 15) is 9.59 Å². The van der Waals surface area contributed by atoms with E-state index >= 15 is 0 Å². The van der Waals surface area contributed by atoms with Crippen molar-refractivity contribution in [1.82, 2.24) is 0 Å². The molecule has 0 fully saturated rings. The summed E-state index contributed by atoms with van der Waals surface area (Å²) in [7, 11) is 1.55. The predicted octanol–water partition coefficient (Wildman–Crippen LogP) is 3.19. The van der Waals surface area contributed by atoms with Crippen molar-refractivity contribution in [3.63, 3.8) is 0 Å². The van der Waals surface area contributed by atoms with Gasteiger partial charge in [0.05, 0.1) is 18.5 Å². The van der Waals surface area contributed by atoms with Crippen molar-refractivity contribution in [2.75, 3.05) is 17.7 Å². The highest BCUT2D eigenvalue weighted by atomic mass is 16.5. The van der Waals surface area contributed by atoms with Crippen LogP contribution in [0.1, 0.15) is 27.2 Å². The van der Waals surface area contributed by atoms with E-state index in [0.717, 1.165) is 0 Å². The van der Waals surface area contributed by atoms with E-state index in [-0.39, 0.29) is 17.7 Å². The molecule has 0 aliphatic carbocycles. The number of hydrogen-bond acceptors (Lipinski definition) is 3. The molecule has 0 unspecified atom stereocenters. The number of benzene rings is 1. The van der Waals surface area contributed by atoms with Gasteiger partial charge < -0.3 is 15.4 Å². The van der Waals surface area contributed by atoms with Crippen LogP contribution in [0.15, 0.2) is 30.4 Å². The fraction of sp³-hybridized carbons (Fsp3) is 0.375. The third-order valence-electron chi connectivity index (χ3n) is 2.82. The minimum atomic E-state index is -0.150. The van der Waals surface area contributed by atoms with E-state index in [1.54, 1.807) is 45.2 Å². The fourth-order valence-corrected chi connectivity index (χ4v) is 1.57. The van der Waals surface area contributed by atoms with Gasteiger partial charge in [-0.1, -0.05) is 26.0 Å². The predicted molar refractivity (Wildman–Crippen MR) is 84.5 cm³/mol. The molecular weight excluding hydrogens is 268 g/mol. The molecule has 1 aromatic carbocycles. The largest absolute Gasteiger partial charge is 0.497 e. The number of allylic oxidation sites excluding steroid dienone is 1. The molecule has 0 saturated carbocycles. The number of carbonyl (C=O) groups is 2. The first-order chi connectivity index (χ1) is 9.97. The molecule has 0 aromatic heterocycles. The van der Waals surface area contributed by atoms with Crippen LogP contribution in [0.2, 0.25) is 0 Å². The lowest BCUT2D eigenvalue weighted by molar-refractivity contribution is -0.119. The van der Waals surface area contributed by atoms with Crippen molar-refractivity contribution in [2.45, 2.75) is 27.2 Å². The molecule has 2 N–H and O–H groups in total. The Morgan fingerprint density at radius 1 is 1.24 bits per heavy atom. The summed E-state index contributed by atoms with van der Waals surface area (Å²) in [6.45, 7) is 5.47. The van der Waals surface area contributed by atoms with Gasteiger partial charge in [0.1, 0.15) is 5.75 Å². The fourth-order valence-electron chi connectivity index (χ4n) is 1.57. The van der Waals surface area contributed by atoms with Crippen LogP contribution in [0.25, 0.3) is 0 Å². The minimum absolute atomic E-state index is 0.118. The first kappa shape index (κ1) is 16.8. The zero-order valence-electron chi connectivity index (χ0n) is 12.9. The van der Waals surface area contributed by atoms with E-state index in [0.29, 0.717) is 23.5 Å². The quantitative estimate of drug-likeness (QED) is 0.791. The highest BCUT2D eigenvalue weighted by molar-refractivity contribution is 6.00. The van der Waals surface area contributed by atoms with Crippen LogP contribution in [0.3, 0.4) is 0 Å². The Labute approximate surface area is 125 Å². The summed E-state index contributed by atoms with van der Waals surface area (Å²) < 4.78 is 5.15. The zero-order chi connectivity index (χ0) is 15.8. The van der Waals surface area contributed by atoms with Crippen molar-refractivity contribution in [2.24, 2.45) is 5.92 Å². The second-order valence-electron chi connectivity index (χ2n) is 4.88. The van der Waals surface area contributed by atoms with Gasteiger partial charge in [-0.25, -0.2) is 0 Å². The van der Waals surface area contributed by atoms with Gasteiger partial charge in [0.15, 0.2) is 0 Å². The van der Waals surface area contributed by atoms with E-state index in [2.05, 4.69) is 10.6 Å². The molecule has 0 spiro atoms. The summed E-state index contributed by atoms with van der Waals surface area (Å²) in [5, 5.41) is 5.57. The number of hydrogen-bond donors (Lipinski definition) is 2. The highest BCUT2D eigenvalue weighted by Crippen LogP contribution is 2.27. The number of amides is 2. The Hall–Kier alpha value is -2.30. The van der Waals surface area contributed by atoms with Crippen LogP contribution in [-0.4, -0.2) is 18.9 Å². The summed E-state index contributed by atoms with van der Waals surface area (Å²) in [6.07, 6.45) is 3.88. The average molecular weight is 290 g/mol. The monoisotopic (exact) mass is 290 g/mol. The van der Waals surface area contributed by atoms with Crippen LogP contribution in [-0.2, 0) is 9.59 Å². The Balaban J connectivity index is 2.96. The molecule has 2 amide bonds. The number of nitrogens with one attached hydrogen (secondary N) is 2. The van der Waals surface area contributed by atoms with Gasteiger partial charge in [0.25, 0.3) is 0 Å². The Bertz CT molecular complexity index is 536. The molecule has 5 nitrogen and oxygen atoms in total. The maximum absolute atomic E-state index is 11.8. The maximum Gasteiger partial charge on any atom is 0.228 e. The van der Waals surface area contributed by atoms with Gasteiger partial charge in [0.2, 0.25) is 11.8 Å². The SMILES string of the molecule is C/C=C/CC(=O)Nc1ccc(OC)cc1NC(=O)C(C)C. The van der Waals surface area contributed by atoms with Gasteiger partial charge in [0, 0.05) is 18.4 Å². The number of anilines is 2. The second-order valence-corrected chi connectivity index (χ2v) is 4.88. The zero-order valence-corrected chi connectivity index (χ0v) is 12.9. The number of carbonyl (C=O) groups excluding carboxylic acids is 2. The third kappa shape index (κ3) is 5.30. The molecule has 0 aliphatic heterocycles. The molecule has 1 rings (SSSR count). The number of rotatable bonds is 6. The lowest BCUT2D eigenvalue weighted by atomic mass is 10.2. The van der Waals surface area contributed by atoms with Crippen molar-refractivity contribution in [1.29, 1.82) is 0 Å². The van der Waals surface area contributed by atoms with Crippen molar-refractivity contribution >= 4 is 23.2 Å². The van der Waals surface area contributed by atoms with Crippen LogP contribution in [0, 0.1) is 5.92 Å². The molecule has 0 radical (unpaired) electrons. The third-order valence-corrected chi connectivity index (χ3v) is 2.82. The molecule has 5 heteroatoms. The Morgan fingerprint density at radius 2 is 1.95 bits per heavy atom. The Morgan fingerprint density at radius 3 is 2.52 bits per heavy atom. The molecule has 0 aliphatic rings. The van der Waals surface area contributed by atoms with Crippen molar-refractivity contribution < 1.29 is 14.3 Å². The van der Waals surface area contributed by atoms with Crippen LogP contribution < -0.4 is 15.4 Å². The lowest BCUT2D eigenvalue weighted by Gasteiger charge is -2.14. The Kier molecular flexibility index (Phi) is 6.46. The molecule has 21 heavy (non-hydrogen) atoms. The topological polar surface area (TPSA) is 67.4 Å². The standard InChI is InChI=1S/C16H22N2O3/c1-5-6-7-15(19)17-13-9-8-12(21-4)10-14(13)18-16(20)11(2)3/h5-6,8-11H,7H2,1-4H3,(H,17,19)(H,18,20)/b6-5+. The van der Waals surface area contributed by atoms with Crippen LogP contribution in [0.5, 0.6) is 5.75 Å².